The highest BCUT2D eigenvalue weighted by Crippen LogP contribution is 2.38. The van der Waals surface area contributed by atoms with E-state index >= 15 is 0 Å². The smallest absolute Gasteiger partial charge is 0.236 e. The summed E-state index contributed by atoms with van der Waals surface area (Å²) in [5, 5.41) is 0. The summed E-state index contributed by atoms with van der Waals surface area (Å²) in [6.07, 6.45) is 0.951. The average Bonchev–Trinajstić information content (AvgIpc) is 2.27. The van der Waals surface area contributed by atoms with Crippen LogP contribution >= 0.6 is 0 Å². The van der Waals surface area contributed by atoms with Crippen molar-refractivity contribution in [2.75, 3.05) is 23.7 Å². The van der Waals surface area contributed by atoms with Gasteiger partial charge in [-0.1, -0.05) is 13.0 Å². The number of nitrogen functional groups attached to an aromatic ring is 1. The molecule has 17 heavy (non-hydrogen) atoms. The summed E-state index contributed by atoms with van der Waals surface area (Å²) in [5.74, 6) is 0.361. The van der Waals surface area contributed by atoms with Crippen LogP contribution in [0.15, 0.2) is 18.2 Å². The number of nitrogens with two attached hydrogens (primary N) is 2. The number of nitrogens with zero attached hydrogens (tertiary/aromatic N) is 1. The number of hydrogen-bond acceptors (Lipinski definition) is 4. The molecule has 1 heterocycles. The predicted molar refractivity (Wildman–Crippen MR) is 67.0 cm³/mol. The van der Waals surface area contributed by atoms with Crippen LogP contribution in [0.1, 0.15) is 13.3 Å². The maximum Gasteiger partial charge on any atom is 0.236 e. The SMILES string of the molecule is CCC1CN(CC(N)=O)c2c(N)cccc2O1. The summed E-state index contributed by atoms with van der Waals surface area (Å²) >= 11 is 0. The van der Waals surface area contributed by atoms with E-state index in [1.54, 1.807) is 6.07 Å². The normalized spacial score (nSPS) is 18.4. The van der Waals surface area contributed by atoms with Gasteiger partial charge in [0.1, 0.15) is 17.5 Å². The summed E-state index contributed by atoms with van der Waals surface area (Å²) in [5.41, 5.74) is 12.6. The molecule has 0 aliphatic carbocycles. The number of rotatable bonds is 3. The highest BCUT2D eigenvalue weighted by molar-refractivity contribution is 5.84. The quantitative estimate of drug-likeness (QED) is 0.757. The maximum atomic E-state index is 11.1. The Labute approximate surface area is 100 Å². The Hall–Kier alpha value is -1.91. The maximum absolute atomic E-state index is 11.1. The number of amides is 1. The molecule has 1 atom stereocenters. The van der Waals surface area contributed by atoms with Crippen LogP contribution in [0.25, 0.3) is 0 Å². The van der Waals surface area contributed by atoms with Crippen LogP contribution in [0.2, 0.25) is 0 Å². The third kappa shape index (κ3) is 2.27. The van der Waals surface area contributed by atoms with Gasteiger partial charge in [-0.25, -0.2) is 0 Å². The van der Waals surface area contributed by atoms with Gasteiger partial charge in [0, 0.05) is 0 Å². The van der Waals surface area contributed by atoms with E-state index in [0.717, 1.165) is 17.9 Å². The average molecular weight is 235 g/mol. The zero-order valence-corrected chi connectivity index (χ0v) is 9.85. The Morgan fingerprint density at radius 2 is 2.35 bits per heavy atom. The lowest BCUT2D eigenvalue weighted by molar-refractivity contribution is -0.116. The van der Waals surface area contributed by atoms with Gasteiger partial charge in [0.15, 0.2) is 0 Å². The lowest BCUT2D eigenvalue weighted by atomic mass is 10.1. The van der Waals surface area contributed by atoms with Crippen LogP contribution in [0.3, 0.4) is 0 Å². The third-order valence-corrected chi connectivity index (χ3v) is 2.87. The van der Waals surface area contributed by atoms with Crippen LogP contribution in [0.5, 0.6) is 5.75 Å². The van der Waals surface area contributed by atoms with E-state index in [9.17, 15) is 4.79 Å². The first-order valence-corrected chi connectivity index (χ1v) is 5.70. The molecule has 1 aromatic carbocycles. The summed E-state index contributed by atoms with van der Waals surface area (Å²) in [6, 6.07) is 5.50. The molecule has 0 spiro atoms. The van der Waals surface area contributed by atoms with Gasteiger partial charge in [-0.05, 0) is 18.6 Å². The minimum atomic E-state index is -0.365. The van der Waals surface area contributed by atoms with Crippen LogP contribution in [-0.4, -0.2) is 25.1 Å². The molecular formula is C12H17N3O2. The highest BCUT2D eigenvalue weighted by Gasteiger charge is 2.27. The van der Waals surface area contributed by atoms with Gasteiger partial charge in [0.05, 0.1) is 18.8 Å². The number of fused-ring (bicyclic) bond motifs is 1. The van der Waals surface area contributed by atoms with Gasteiger partial charge < -0.3 is 21.1 Å². The molecule has 1 aliphatic heterocycles. The number of ether oxygens (including phenoxy) is 1. The number of anilines is 2. The standard InChI is InChI=1S/C12H17N3O2/c1-2-8-6-15(7-11(14)16)12-9(13)4-3-5-10(12)17-8/h3-5,8H,2,6-7,13H2,1H3,(H2,14,16). The van der Waals surface area contributed by atoms with Crippen molar-refractivity contribution >= 4 is 17.3 Å². The number of carbonyl (C=O) groups excluding carboxylic acids is 1. The fraction of sp³-hybridized carbons (Fsp3) is 0.417. The molecule has 2 rings (SSSR count). The van der Waals surface area contributed by atoms with E-state index < -0.39 is 0 Å². The van der Waals surface area contributed by atoms with Crippen molar-refractivity contribution in [3.8, 4) is 5.75 Å². The van der Waals surface area contributed by atoms with E-state index in [-0.39, 0.29) is 18.6 Å². The fourth-order valence-corrected chi connectivity index (χ4v) is 2.07. The monoisotopic (exact) mass is 235 g/mol. The molecule has 5 heteroatoms. The van der Waals surface area contributed by atoms with E-state index in [1.165, 1.54) is 0 Å². The van der Waals surface area contributed by atoms with E-state index in [2.05, 4.69) is 0 Å². The van der Waals surface area contributed by atoms with E-state index in [0.29, 0.717) is 12.2 Å². The molecular weight excluding hydrogens is 218 g/mol. The van der Waals surface area contributed by atoms with Crippen molar-refractivity contribution in [2.24, 2.45) is 5.73 Å². The second-order valence-electron chi connectivity index (χ2n) is 4.19. The summed E-state index contributed by atoms with van der Waals surface area (Å²) in [4.78, 5) is 13.0. The summed E-state index contributed by atoms with van der Waals surface area (Å²) in [6.45, 7) is 2.85. The van der Waals surface area contributed by atoms with Gasteiger partial charge in [-0.2, -0.15) is 0 Å². The molecule has 0 saturated carbocycles. The highest BCUT2D eigenvalue weighted by atomic mass is 16.5. The first kappa shape index (κ1) is 11.6. The Balaban J connectivity index is 2.37. The van der Waals surface area contributed by atoms with E-state index in [4.69, 9.17) is 16.2 Å². The number of primary amides is 1. The molecule has 92 valence electrons. The van der Waals surface area contributed by atoms with Crippen molar-refractivity contribution in [3.63, 3.8) is 0 Å². The molecule has 0 saturated heterocycles. The zero-order valence-electron chi connectivity index (χ0n) is 9.85. The molecule has 1 aliphatic rings. The minimum absolute atomic E-state index is 0.0728. The van der Waals surface area contributed by atoms with Gasteiger partial charge in [0.2, 0.25) is 5.91 Å². The van der Waals surface area contributed by atoms with Crippen LogP contribution in [0.4, 0.5) is 11.4 Å². The van der Waals surface area contributed by atoms with Crippen molar-refractivity contribution in [2.45, 2.75) is 19.4 Å². The minimum Gasteiger partial charge on any atom is -0.486 e. The first-order valence-electron chi connectivity index (χ1n) is 5.70. The van der Waals surface area contributed by atoms with Gasteiger partial charge in [-0.15, -0.1) is 0 Å². The van der Waals surface area contributed by atoms with Crippen LogP contribution < -0.4 is 21.1 Å². The van der Waals surface area contributed by atoms with Crippen molar-refractivity contribution in [3.05, 3.63) is 18.2 Å². The molecule has 0 radical (unpaired) electrons. The molecule has 0 aromatic heterocycles. The van der Waals surface area contributed by atoms with Crippen molar-refractivity contribution in [1.29, 1.82) is 0 Å². The zero-order chi connectivity index (χ0) is 12.4. The Kier molecular flexibility index (Phi) is 3.08. The molecule has 0 bridgehead atoms. The molecule has 1 unspecified atom stereocenters. The summed E-state index contributed by atoms with van der Waals surface area (Å²) < 4.78 is 5.80. The molecule has 4 N–H and O–H groups in total. The number of hydrogen-bond donors (Lipinski definition) is 2. The van der Waals surface area contributed by atoms with Crippen molar-refractivity contribution in [1.82, 2.24) is 0 Å². The number of para-hydroxylation sites is 1. The fourth-order valence-electron chi connectivity index (χ4n) is 2.07. The van der Waals surface area contributed by atoms with Gasteiger partial charge in [0.25, 0.3) is 0 Å². The van der Waals surface area contributed by atoms with Gasteiger partial charge >= 0.3 is 0 Å². The first-order chi connectivity index (χ1) is 8.11. The predicted octanol–water partition coefficient (Wildman–Crippen LogP) is 0.732. The second-order valence-corrected chi connectivity index (χ2v) is 4.19. The van der Waals surface area contributed by atoms with Crippen LogP contribution in [0, 0.1) is 0 Å². The molecule has 1 amide bonds. The third-order valence-electron chi connectivity index (χ3n) is 2.87. The lowest BCUT2D eigenvalue weighted by Crippen LogP contribution is -2.44. The van der Waals surface area contributed by atoms with Crippen molar-refractivity contribution < 1.29 is 9.53 Å². The van der Waals surface area contributed by atoms with Crippen LogP contribution in [-0.2, 0) is 4.79 Å². The Bertz CT molecular complexity index is 434. The van der Waals surface area contributed by atoms with Gasteiger partial charge in [-0.3, -0.25) is 4.79 Å². The Morgan fingerprint density at radius 1 is 1.59 bits per heavy atom. The largest absolute Gasteiger partial charge is 0.486 e. The second kappa shape index (κ2) is 4.53. The molecule has 1 aromatic rings. The number of benzene rings is 1. The lowest BCUT2D eigenvalue weighted by Gasteiger charge is -2.36. The van der Waals surface area contributed by atoms with E-state index in [1.807, 2.05) is 24.0 Å². The molecule has 5 nitrogen and oxygen atoms in total. The topological polar surface area (TPSA) is 81.6 Å². The molecule has 0 fully saturated rings. The number of carbonyl (C=O) groups is 1. The Morgan fingerprint density at radius 3 is 3.00 bits per heavy atom. The summed E-state index contributed by atoms with van der Waals surface area (Å²) in [7, 11) is 0.